The Morgan fingerprint density at radius 2 is 1.92 bits per heavy atom. The Hall–Kier alpha value is -2.87. The fourth-order valence-electron chi connectivity index (χ4n) is 2.12. The van der Waals surface area contributed by atoms with E-state index >= 15 is 0 Å². The summed E-state index contributed by atoms with van der Waals surface area (Å²) in [4.78, 5) is 35.6. The third-order valence-corrected chi connectivity index (χ3v) is 4.12. The predicted octanol–water partition coefficient (Wildman–Crippen LogP) is 2.61. The van der Waals surface area contributed by atoms with E-state index in [0.29, 0.717) is 28.8 Å². The summed E-state index contributed by atoms with van der Waals surface area (Å²) in [6.07, 6.45) is 1.42. The van der Waals surface area contributed by atoms with Crippen LogP contribution in [0.15, 0.2) is 45.7 Å². The molecule has 2 N–H and O–H groups in total. The molecule has 2 heterocycles. The van der Waals surface area contributed by atoms with Crippen LogP contribution in [0.1, 0.15) is 5.76 Å². The molecule has 8 heteroatoms. The second-order valence-corrected chi connectivity index (χ2v) is 5.94. The van der Waals surface area contributed by atoms with Gasteiger partial charge in [0, 0.05) is 11.6 Å². The molecule has 1 aliphatic heterocycles. The smallest absolute Gasteiger partial charge is 0.294 e. The highest BCUT2D eigenvalue weighted by Gasteiger charge is 2.36. The highest BCUT2D eigenvalue weighted by Crippen LogP contribution is 2.33. The molecular formula is C16H11FN2O4S. The maximum absolute atomic E-state index is 12.9. The molecule has 1 aromatic carbocycles. The number of rotatable bonds is 4. The second kappa shape index (κ2) is 6.32. The van der Waals surface area contributed by atoms with E-state index in [1.807, 2.05) is 0 Å². The number of nitrogens with two attached hydrogens (primary N) is 1. The molecule has 0 bridgehead atoms. The van der Waals surface area contributed by atoms with Gasteiger partial charge in [-0.25, -0.2) is 4.39 Å². The Bertz CT molecular complexity index is 857. The number of hydrogen-bond acceptors (Lipinski definition) is 5. The maximum Gasteiger partial charge on any atom is 0.294 e. The van der Waals surface area contributed by atoms with E-state index in [9.17, 15) is 18.8 Å². The molecular weight excluding hydrogens is 335 g/mol. The summed E-state index contributed by atoms with van der Waals surface area (Å²) in [5.41, 5.74) is 5.69. The Morgan fingerprint density at radius 1 is 1.21 bits per heavy atom. The molecule has 3 rings (SSSR count). The van der Waals surface area contributed by atoms with Crippen LogP contribution in [0.3, 0.4) is 0 Å². The topological polar surface area (TPSA) is 93.6 Å². The first-order valence-electron chi connectivity index (χ1n) is 6.83. The van der Waals surface area contributed by atoms with Crippen molar-refractivity contribution in [3.05, 3.63) is 52.9 Å². The number of halogens is 1. The van der Waals surface area contributed by atoms with Gasteiger partial charge in [-0.3, -0.25) is 19.3 Å². The Balaban J connectivity index is 1.82. The van der Waals surface area contributed by atoms with E-state index in [1.165, 1.54) is 18.2 Å². The maximum atomic E-state index is 12.9. The van der Waals surface area contributed by atoms with Crippen molar-refractivity contribution in [1.82, 2.24) is 4.90 Å². The van der Waals surface area contributed by atoms with Crippen molar-refractivity contribution >= 4 is 34.9 Å². The third-order valence-electron chi connectivity index (χ3n) is 3.22. The molecule has 1 aromatic heterocycles. The molecule has 24 heavy (non-hydrogen) atoms. The highest BCUT2D eigenvalue weighted by atomic mass is 32.2. The average Bonchev–Trinajstić information content (AvgIpc) is 3.09. The minimum absolute atomic E-state index is 0.140. The van der Waals surface area contributed by atoms with Crippen LogP contribution in [-0.2, 0) is 9.59 Å². The summed E-state index contributed by atoms with van der Waals surface area (Å²) in [7, 11) is 0. The van der Waals surface area contributed by atoms with Gasteiger partial charge in [0.2, 0.25) is 5.91 Å². The summed E-state index contributed by atoms with van der Waals surface area (Å²) >= 11 is 0.707. The molecule has 0 unspecified atom stereocenters. The number of thioether (sulfide) groups is 1. The average molecular weight is 346 g/mol. The Labute approximate surface area is 140 Å². The Morgan fingerprint density at radius 3 is 2.58 bits per heavy atom. The van der Waals surface area contributed by atoms with E-state index in [4.69, 9.17) is 10.2 Å². The van der Waals surface area contributed by atoms with Crippen molar-refractivity contribution in [3.8, 4) is 11.3 Å². The van der Waals surface area contributed by atoms with Crippen LogP contribution in [0.25, 0.3) is 17.4 Å². The van der Waals surface area contributed by atoms with Gasteiger partial charge in [0.1, 0.15) is 23.9 Å². The van der Waals surface area contributed by atoms with Gasteiger partial charge in [0.15, 0.2) is 0 Å². The molecule has 3 amide bonds. The van der Waals surface area contributed by atoms with Gasteiger partial charge in [-0.15, -0.1) is 0 Å². The molecule has 1 saturated heterocycles. The summed E-state index contributed by atoms with van der Waals surface area (Å²) in [6, 6.07) is 9.06. The van der Waals surface area contributed by atoms with Gasteiger partial charge in [-0.2, -0.15) is 0 Å². The van der Waals surface area contributed by atoms with Gasteiger partial charge in [0.25, 0.3) is 11.1 Å². The van der Waals surface area contributed by atoms with E-state index < -0.39 is 23.6 Å². The first kappa shape index (κ1) is 16.0. The number of amides is 3. The minimum atomic E-state index is -0.768. The third kappa shape index (κ3) is 3.23. The second-order valence-electron chi connectivity index (χ2n) is 4.94. The molecule has 1 aliphatic rings. The normalized spacial score (nSPS) is 16.2. The van der Waals surface area contributed by atoms with E-state index in [1.54, 1.807) is 24.3 Å². The van der Waals surface area contributed by atoms with Crippen LogP contribution in [-0.4, -0.2) is 28.5 Å². The lowest BCUT2D eigenvalue weighted by Gasteiger charge is -2.08. The fourth-order valence-corrected chi connectivity index (χ4v) is 2.94. The number of nitrogens with zero attached hydrogens (tertiary/aromatic N) is 1. The first-order valence-corrected chi connectivity index (χ1v) is 7.65. The molecule has 0 aliphatic carbocycles. The van der Waals surface area contributed by atoms with E-state index in [0.717, 1.165) is 4.90 Å². The Kier molecular flexibility index (Phi) is 4.22. The SMILES string of the molecule is NC(=O)CN1C(=O)S/C(=C\c2ccc(-c3ccc(F)cc3)o2)C1=O. The van der Waals surface area contributed by atoms with Crippen molar-refractivity contribution in [2.75, 3.05) is 6.54 Å². The summed E-state index contributed by atoms with van der Waals surface area (Å²) in [6.45, 7) is -0.457. The van der Waals surface area contributed by atoms with Crippen molar-refractivity contribution in [2.45, 2.75) is 0 Å². The zero-order chi connectivity index (χ0) is 17.3. The number of benzene rings is 1. The van der Waals surface area contributed by atoms with E-state index in [2.05, 4.69) is 0 Å². The molecule has 0 spiro atoms. The molecule has 122 valence electrons. The van der Waals surface area contributed by atoms with Gasteiger partial charge >= 0.3 is 0 Å². The lowest BCUT2D eigenvalue weighted by molar-refractivity contribution is -0.127. The van der Waals surface area contributed by atoms with Gasteiger partial charge in [0.05, 0.1) is 4.91 Å². The van der Waals surface area contributed by atoms with Crippen LogP contribution >= 0.6 is 11.8 Å². The number of hydrogen-bond donors (Lipinski definition) is 1. The molecule has 1 fully saturated rings. The number of furan rings is 1. The van der Waals surface area contributed by atoms with Gasteiger partial charge < -0.3 is 10.2 Å². The minimum Gasteiger partial charge on any atom is -0.457 e. The number of primary amides is 1. The number of carbonyl (C=O) groups excluding carboxylic acids is 3. The summed E-state index contributed by atoms with van der Waals surface area (Å²) in [5.74, 6) is -0.858. The highest BCUT2D eigenvalue weighted by molar-refractivity contribution is 8.18. The lowest BCUT2D eigenvalue weighted by Crippen LogP contribution is -2.36. The van der Waals surface area contributed by atoms with E-state index in [-0.39, 0.29) is 10.7 Å². The van der Waals surface area contributed by atoms with Crippen molar-refractivity contribution in [3.63, 3.8) is 0 Å². The van der Waals surface area contributed by atoms with Crippen LogP contribution < -0.4 is 5.73 Å². The van der Waals surface area contributed by atoms with Gasteiger partial charge in [-0.1, -0.05) is 0 Å². The number of imide groups is 1. The molecule has 0 radical (unpaired) electrons. The molecule has 0 atom stereocenters. The quantitative estimate of drug-likeness (QED) is 0.859. The van der Waals surface area contributed by atoms with Crippen LogP contribution in [0.5, 0.6) is 0 Å². The first-order chi connectivity index (χ1) is 11.4. The van der Waals surface area contributed by atoms with Crippen LogP contribution in [0.2, 0.25) is 0 Å². The van der Waals surface area contributed by atoms with Crippen LogP contribution in [0.4, 0.5) is 9.18 Å². The number of carbonyl (C=O) groups is 3. The molecule has 6 nitrogen and oxygen atoms in total. The largest absolute Gasteiger partial charge is 0.457 e. The van der Waals surface area contributed by atoms with Crippen molar-refractivity contribution in [2.24, 2.45) is 5.73 Å². The van der Waals surface area contributed by atoms with Crippen LogP contribution in [0, 0.1) is 5.82 Å². The zero-order valence-electron chi connectivity index (χ0n) is 12.2. The molecule has 2 aromatic rings. The summed E-state index contributed by atoms with van der Waals surface area (Å²) < 4.78 is 18.5. The lowest BCUT2D eigenvalue weighted by atomic mass is 10.2. The predicted molar refractivity (Wildman–Crippen MR) is 86.0 cm³/mol. The standard InChI is InChI=1S/C16H11FN2O4S/c17-10-3-1-9(2-4-10)12-6-5-11(23-12)7-13-15(21)19(8-14(18)20)16(22)24-13/h1-7H,8H2,(H2,18,20)/b13-7-. The van der Waals surface area contributed by atoms with Crippen molar-refractivity contribution < 1.29 is 23.2 Å². The van der Waals surface area contributed by atoms with Crippen molar-refractivity contribution in [1.29, 1.82) is 0 Å². The fraction of sp³-hybridized carbons (Fsp3) is 0.0625. The summed E-state index contributed by atoms with van der Waals surface area (Å²) in [5, 5.41) is -0.560. The monoisotopic (exact) mass is 346 g/mol. The molecule has 0 saturated carbocycles. The van der Waals surface area contributed by atoms with Gasteiger partial charge in [-0.05, 0) is 48.2 Å². The zero-order valence-corrected chi connectivity index (χ0v) is 13.0.